The molecule has 0 bridgehead atoms. The molecule has 0 spiro atoms. The van der Waals surface area contributed by atoms with E-state index in [1.54, 1.807) is 6.92 Å². The molecule has 0 radical (unpaired) electrons. The molecule has 0 aromatic carbocycles. The molecule has 3 atom stereocenters. The highest BCUT2D eigenvalue weighted by Crippen LogP contribution is 2.50. The minimum absolute atomic E-state index is 0.0468. The van der Waals surface area contributed by atoms with E-state index in [-0.39, 0.29) is 11.8 Å². The SMILES string of the molecule is C[C@@H](NC(=O)C1C2COCC21)C(N)=O. The second kappa shape index (κ2) is 3.24. The molecule has 1 heterocycles. The number of amides is 2. The summed E-state index contributed by atoms with van der Waals surface area (Å²) in [6.07, 6.45) is 0. The molecule has 2 fully saturated rings. The second-order valence-corrected chi connectivity index (χ2v) is 4.02. The molecule has 3 N–H and O–H groups in total. The topological polar surface area (TPSA) is 81.4 Å². The van der Waals surface area contributed by atoms with Crippen molar-refractivity contribution in [3.05, 3.63) is 0 Å². The van der Waals surface area contributed by atoms with Crippen LogP contribution in [0.3, 0.4) is 0 Å². The van der Waals surface area contributed by atoms with Crippen LogP contribution in [0.4, 0.5) is 0 Å². The molecule has 1 saturated heterocycles. The standard InChI is InChI=1S/C9H14N2O3/c1-4(8(10)12)11-9(13)7-5-2-14-3-6(5)7/h4-7H,2-3H2,1H3,(H2,10,12)(H,11,13)/t4-,5?,6?,7?/m1/s1. The molecule has 2 aliphatic rings. The maximum absolute atomic E-state index is 11.6. The Morgan fingerprint density at radius 1 is 1.43 bits per heavy atom. The van der Waals surface area contributed by atoms with E-state index < -0.39 is 11.9 Å². The Morgan fingerprint density at radius 3 is 2.50 bits per heavy atom. The molecule has 2 rings (SSSR count). The molecule has 5 nitrogen and oxygen atoms in total. The third-order valence-corrected chi connectivity index (χ3v) is 3.04. The first kappa shape index (κ1) is 9.45. The van der Waals surface area contributed by atoms with Crippen molar-refractivity contribution in [3.63, 3.8) is 0 Å². The normalized spacial score (nSPS) is 35.9. The van der Waals surface area contributed by atoms with Gasteiger partial charge in [-0.3, -0.25) is 9.59 Å². The summed E-state index contributed by atoms with van der Waals surface area (Å²) in [5, 5.41) is 2.60. The van der Waals surface area contributed by atoms with E-state index in [2.05, 4.69) is 5.32 Å². The fourth-order valence-electron chi connectivity index (χ4n) is 2.01. The number of rotatable bonds is 3. The van der Waals surface area contributed by atoms with E-state index in [0.717, 1.165) is 0 Å². The minimum atomic E-state index is -0.579. The Kier molecular flexibility index (Phi) is 2.19. The summed E-state index contributed by atoms with van der Waals surface area (Å²) in [4.78, 5) is 22.3. The van der Waals surface area contributed by atoms with Gasteiger partial charge in [0.05, 0.1) is 13.2 Å². The highest BCUT2D eigenvalue weighted by Gasteiger charge is 2.58. The fraction of sp³-hybridized carbons (Fsp3) is 0.778. The summed E-state index contributed by atoms with van der Waals surface area (Å²) in [6, 6.07) is -0.579. The van der Waals surface area contributed by atoms with Crippen LogP contribution in [0.2, 0.25) is 0 Å². The molecule has 14 heavy (non-hydrogen) atoms. The first-order valence-corrected chi connectivity index (χ1v) is 4.78. The van der Waals surface area contributed by atoms with Crippen LogP contribution in [-0.2, 0) is 14.3 Å². The molecule has 0 aromatic heterocycles. The number of ether oxygens (including phenoxy) is 1. The van der Waals surface area contributed by atoms with Crippen LogP contribution >= 0.6 is 0 Å². The zero-order valence-corrected chi connectivity index (χ0v) is 8.03. The summed E-state index contributed by atoms with van der Waals surface area (Å²) in [6.45, 7) is 2.94. The highest BCUT2D eigenvalue weighted by atomic mass is 16.5. The number of hydrogen-bond acceptors (Lipinski definition) is 3. The number of nitrogens with two attached hydrogens (primary N) is 1. The van der Waals surface area contributed by atoms with Crippen LogP contribution in [0.1, 0.15) is 6.92 Å². The Labute approximate surface area is 82.0 Å². The molecule has 1 aliphatic carbocycles. The Balaban J connectivity index is 1.83. The van der Waals surface area contributed by atoms with Gasteiger partial charge in [-0.1, -0.05) is 0 Å². The Bertz CT molecular complexity index is 269. The van der Waals surface area contributed by atoms with Gasteiger partial charge in [0.15, 0.2) is 0 Å². The van der Waals surface area contributed by atoms with Crippen LogP contribution in [0.5, 0.6) is 0 Å². The number of primary amides is 1. The monoisotopic (exact) mass is 198 g/mol. The van der Waals surface area contributed by atoms with Gasteiger partial charge in [-0.15, -0.1) is 0 Å². The van der Waals surface area contributed by atoms with E-state index in [9.17, 15) is 9.59 Å². The van der Waals surface area contributed by atoms with Crippen molar-refractivity contribution in [2.75, 3.05) is 13.2 Å². The molecule has 1 aliphatic heterocycles. The third-order valence-electron chi connectivity index (χ3n) is 3.04. The van der Waals surface area contributed by atoms with Crippen molar-refractivity contribution in [2.45, 2.75) is 13.0 Å². The predicted octanol–water partition coefficient (Wildman–Crippen LogP) is -1.13. The number of fused-ring (bicyclic) bond motifs is 1. The lowest BCUT2D eigenvalue weighted by molar-refractivity contribution is -0.128. The highest BCUT2D eigenvalue weighted by molar-refractivity contribution is 5.88. The lowest BCUT2D eigenvalue weighted by Gasteiger charge is -2.10. The summed E-state index contributed by atoms with van der Waals surface area (Å²) in [5.41, 5.74) is 5.04. The van der Waals surface area contributed by atoms with Gasteiger partial charge in [-0.2, -0.15) is 0 Å². The number of nitrogens with one attached hydrogen (secondary N) is 1. The van der Waals surface area contributed by atoms with Crippen molar-refractivity contribution in [1.29, 1.82) is 0 Å². The van der Waals surface area contributed by atoms with Crippen molar-refractivity contribution in [2.24, 2.45) is 23.5 Å². The van der Waals surface area contributed by atoms with Gasteiger partial charge in [0.2, 0.25) is 11.8 Å². The second-order valence-electron chi connectivity index (χ2n) is 4.02. The van der Waals surface area contributed by atoms with Gasteiger partial charge in [0.1, 0.15) is 6.04 Å². The van der Waals surface area contributed by atoms with Crippen LogP contribution in [-0.4, -0.2) is 31.1 Å². The van der Waals surface area contributed by atoms with Gasteiger partial charge in [-0.05, 0) is 18.8 Å². The summed E-state index contributed by atoms with van der Waals surface area (Å²) in [5.74, 6) is 0.228. The van der Waals surface area contributed by atoms with Gasteiger partial charge >= 0.3 is 0 Å². The van der Waals surface area contributed by atoms with E-state index in [4.69, 9.17) is 10.5 Å². The third kappa shape index (κ3) is 1.48. The molecule has 2 unspecified atom stereocenters. The molecular weight excluding hydrogens is 184 g/mol. The van der Waals surface area contributed by atoms with Crippen molar-refractivity contribution in [1.82, 2.24) is 5.32 Å². The minimum Gasteiger partial charge on any atom is -0.381 e. The molecule has 1 saturated carbocycles. The van der Waals surface area contributed by atoms with E-state index >= 15 is 0 Å². The van der Waals surface area contributed by atoms with E-state index in [1.807, 2.05) is 0 Å². The van der Waals surface area contributed by atoms with Crippen LogP contribution in [0, 0.1) is 17.8 Å². The number of carbonyl (C=O) groups excluding carboxylic acids is 2. The van der Waals surface area contributed by atoms with Gasteiger partial charge in [0, 0.05) is 5.92 Å². The molecular formula is C9H14N2O3. The summed E-state index contributed by atoms with van der Waals surface area (Å²) in [7, 11) is 0. The van der Waals surface area contributed by atoms with E-state index in [0.29, 0.717) is 25.0 Å². The first-order valence-electron chi connectivity index (χ1n) is 4.78. The lowest BCUT2D eigenvalue weighted by atomic mass is 10.2. The maximum atomic E-state index is 11.6. The molecule has 78 valence electrons. The van der Waals surface area contributed by atoms with Crippen LogP contribution in [0.15, 0.2) is 0 Å². The average Bonchev–Trinajstić information content (AvgIpc) is 2.61. The average molecular weight is 198 g/mol. The van der Waals surface area contributed by atoms with Crippen LogP contribution in [0.25, 0.3) is 0 Å². The molecule has 0 aromatic rings. The Hall–Kier alpha value is -1.10. The quantitative estimate of drug-likeness (QED) is 0.602. The van der Waals surface area contributed by atoms with Gasteiger partial charge < -0.3 is 15.8 Å². The number of hydrogen-bond donors (Lipinski definition) is 2. The van der Waals surface area contributed by atoms with Gasteiger partial charge in [0.25, 0.3) is 0 Å². The summed E-state index contributed by atoms with van der Waals surface area (Å²) >= 11 is 0. The smallest absolute Gasteiger partial charge is 0.239 e. The molecule has 5 heteroatoms. The summed E-state index contributed by atoms with van der Waals surface area (Å²) < 4.78 is 5.17. The lowest BCUT2D eigenvalue weighted by Crippen LogP contribution is -2.43. The van der Waals surface area contributed by atoms with Crippen molar-refractivity contribution >= 4 is 11.8 Å². The fourth-order valence-corrected chi connectivity index (χ4v) is 2.01. The predicted molar refractivity (Wildman–Crippen MR) is 48.1 cm³/mol. The van der Waals surface area contributed by atoms with Crippen molar-refractivity contribution in [3.8, 4) is 0 Å². The zero-order valence-electron chi connectivity index (χ0n) is 8.03. The largest absolute Gasteiger partial charge is 0.381 e. The maximum Gasteiger partial charge on any atom is 0.239 e. The van der Waals surface area contributed by atoms with Crippen LogP contribution < -0.4 is 11.1 Å². The first-order chi connectivity index (χ1) is 6.61. The van der Waals surface area contributed by atoms with E-state index in [1.165, 1.54) is 0 Å². The number of carbonyl (C=O) groups is 2. The van der Waals surface area contributed by atoms with Gasteiger partial charge in [-0.25, -0.2) is 0 Å². The Morgan fingerprint density at radius 2 is 2.00 bits per heavy atom. The molecule has 2 amide bonds. The zero-order chi connectivity index (χ0) is 10.3. The van der Waals surface area contributed by atoms with Crippen molar-refractivity contribution < 1.29 is 14.3 Å².